The molecule has 5 nitrogen and oxygen atoms in total. The lowest BCUT2D eigenvalue weighted by Gasteiger charge is -2.41. The highest BCUT2D eigenvalue weighted by Gasteiger charge is 2.33. The number of aliphatic carboxylic acids is 1. The molecule has 5 heteroatoms. The number of carboxylic acid groups (broad SMARTS) is 1. The molecule has 0 atom stereocenters. The number of carboxylic acids is 1. The standard InChI is InChI=1S/C11H18N2O3/c1-3-5-12(4-2)11(16)13-7-9(8-13)6-10(14)15/h3,9H,1,4-8H2,2H3,(H,14,15). The molecule has 0 spiro atoms. The molecule has 1 rings (SSSR count). The van der Waals surface area contributed by atoms with E-state index in [1.807, 2.05) is 6.92 Å². The minimum Gasteiger partial charge on any atom is -0.481 e. The molecule has 0 aliphatic carbocycles. The molecular weight excluding hydrogens is 208 g/mol. The summed E-state index contributed by atoms with van der Waals surface area (Å²) in [4.78, 5) is 25.6. The number of hydrogen-bond donors (Lipinski definition) is 1. The van der Waals surface area contributed by atoms with Gasteiger partial charge in [-0.15, -0.1) is 6.58 Å². The Morgan fingerprint density at radius 3 is 2.62 bits per heavy atom. The predicted octanol–water partition coefficient (Wildman–Crippen LogP) is 1.02. The molecule has 0 unspecified atom stereocenters. The fraction of sp³-hybridized carbons (Fsp3) is 0.636. The molecular formula is C11H18N2O3. The second-order valence-corrected chi connectivity index (χ2v) is 3.98. The Balaban J connectivity index is 2.35. The van der Waals surface area contributed by atoms with Crippen molar-refractivity contribution in [3.63, 3.8) is 0 Å². The van der Waals surface area contributed by atoms with Gasteiger partial charge in [-0.1, -0.05) is 6.08 Å². The van der Waals surface area contributed by atoms with Crippen LogP contribution in [0.2, 0.25) is 0 Å². The quantitative estimate of drug-likeness (QED) is 0.712. The summed E-state index contributed by atoms with van der Waals surface area (Å²) >= 11 is 0. The summed E-state index contributed by atoms with van der Waals surface area (Å²) in [5, 5.41) is 8.59. The van der Waals surface area contributed by atoms with Crippen LogP contribution in [0.5, 0.6) is 0 Å². The minimum atomic E-state index is -0.796. The van der Waals surface area contributed by atoms with Gasteiger partial charge in [0.25, 0.3) is 0 Å². The lowest BCUT2D eigenvalue weighted by molar-refractivity contribution is -0.139. The maximum atomic E-state index is 11.8. The minimum absolute atomic E-state index is 0.0240. The molecule has 1 heterocycles. The summed E-state index contributed by atoms with van der Waals surface area (Å²) in [7, 11) is 0. The number of hydrogen-bond acceptors (Lipinski definition) is 2. The van der Waals surface area contributed by atoms with Gasteiger partial charge in [-0.3, -0.25) is 4.79 Å². The first-order chi connectivity index (χ1) is 7.58. The van der Waals surface area contributed by atoms with Crippen LogP contribution < -0.4 is 0 Å². The van der Waals surface area contributed by atoms with Crippen LogP contribution in [-0.4, -0.2) is 53.1 Å². The summed E-state index contributed by atoms with van der Waals surface area (Å²) < 4.78 is 0. The van der Waals surface area contributed by atoms with Crippen LogP contribution in [0.15, 0.2) is 12.7 Å². The van der Waals surface area contributed by atoms with Crippen molar-refractivity contribution in [2.75, 3.05) is 26.2 Å². The summed E-state index contributed by atoms with van der Waals surface area (Å²) in [6.07, 6.45) is 1.84. The maximum Gasteiger partial charge on any atom is 0.320 e. The molecule has 0 aromatic rings. The van der Waals surface area contributed by atoms with Gasteiger partial charge in [-0.25, -0.2) is 4.79 Å². The normalized spacial score (nSPS) is 15.4. The van der Waals surface area contributed by atoms with Crippen LogP contribution in [0.25, 0.3) is 0 Å². The van der Waals surface area contributed by atoms with Gasteiger partial charge < -0.3 is 14.9 Å². The number of nitrogens with zero attached hydrogens (tertiary/aromatic N) is 2. The van der Waals surface area contributed by atoms with Crippen molar-refractivity contribution < 1.29 is 14.7 Å². The fourth-order valence-corrected chi connectivity index (χ4v) is 1.80. The molecule has 2 amide bonds. The van der Waals surface area contributed by atoms with Crippen molar-refractivity contribution in [2.45, 2.75) is 13.3 Å². The molecule has 1 saturated heterocycles. The number of urea groups is 1. The molecule has 0 saturated carbocycles. The van der Waals surface area contributed by atoms with Crippen LogP contribution in [0.4, 0.5) is 4.79 Å². The van der Waals surface area contributed by atoms with Crippen molar-refractivity contribution in [3.05, 3.63) is 12.7 Å². The highest BCUT2D eigenvalue weighted by atomic mass is 16.4. The van der Waals surface area contributed by atoms with E-state index in [-0.39, 0.29) is 18.4 Å². The van der Waals surface area contributed by atoms with Crippen LogP contribution in [0.1, 0.15) is 13.3 Å². The Hall–Kier alpha value is -1.52. The Bertz CT molecular complexity index is 285. The van der Waals surface area contributed by atoms with Crippen molar-refractivity contribution in [1.82, 2.24) is 9.80 Å². The topological polar surface area (TPSA) is 60.9 Å². The van der Waals surface area contributed by atoms with Crippen LogP contribution in [0.3, 0.4) is 0 Å². The SMILES string of the molecule is C=CCN(CC)C(=O)N1CC(CC(=O)O)C1. The number of rotatable bonds is 5. The van der Waals surface area contributed by atoms with E-state index in [2.05, 4.69) is 6.58 Å². The summed E-state index contributed by atoms with van der Waals surface area (Å²) in [5.74, 6) is -0.681. The predicted molar refractivity (Wildman–Crippen MR) is 60.2 cm³/mol. The molecule has 1 fully saturated rings. The molecule has 1 aliphatic rings. The van der Waals surface area contributed by atoms with Crippen molar-refractivity contribution in [2.24, 2.45) is 5.92 Å². The van der Waals surface area contributed by atoms with Gasteiger partial charge in [0.1, 0.15) is 0 Å². The van der Waals surface area contributed by atoms with E-state index in [4.69, 9.17) is 5.11 Å². The van der Waals surface area contributed by atoms with Gasteiger partial charge in [-0.05, 0) is 6.92 Å². The first kappa shape index (κ1) is 12.5. The highest BCUT2D eigenvalue weighted by molar-refractivity contribution is 5.76. The number of likely N-dealkylation sites (tertiary alicyclic amines) is 1. The lowest BCUT2D eigenvalue weighted by Crippen LogP contribution is -2.55. The van der Waals surface area contributed by atoms with E-state index in [1.165, 1.54) is 0 Å². The van der Waals surface area contributed by atoms with Crippen LogP contribution in [0, 0.1) is 5.92 Å². The summed E-state index contributed by atoms with van der Waals surface area (Å²) in [6.45, 7) is 7.80. The molecule has 90 valence electrons. The third-order valence-electron chi connectivity index (χ3n) is 2.69. The van der Waals surface area contributed by atoms with E-state index in [1.54, 1.807) is 15.9 Å². The van der Waals surface area contributed by atoms with Crippen molar-refractivity contribution in [1.29, 1.82) is 0 Å². The van der Waals surface area contributed by atoms with Crippen LogP contribution in [-0.2, 0) is 4.79 Å². The zero-order valence-electron chi connectivity index (χ0n) is 9.56. The first-order valence-corrected chi connectivity index (χ1v) is 5.45. The Kier molecular flexibility index (Phi) is 4.34. The van der Waals surface area contributed by atoms with Gasteiger partial charge in [0.05, 0.1) is 6.42 Å². The zero-order chi connectivity index (χ0) is 12.1. The van der Waals surface area contributed by atoms with Gasteiger partial charge in [0.2, 0.25) is 0 Å². The Morgan fingerprint density at radius 1 is 1.56 bits per heavy atom. The van der Waals surface area contributed by atoms with Gasteiger partial charge in [0, 0.05) is 32.1 Å². The van der Waals surface area contributed by atoms with Crippen LogP contribution >= 0.6 is 0 Å². The second-order valence-electron chi connectivity index (χ2n) is 3.98. The van der Waals surface area contributed by atoms with E-state index in [0.717, 1.165) is 0 Å². The Morgan fingerprint density at radius 2 is 2.19 bits per heavy atom. The fourth-order valence-electron chi connectivity index (χ4n) is 1.80. The first-order valence-electron chi connectivity index (χ1n) is 5.45. The Labute approximate surface area is 95.3 Å². The molecule has 16 heavy (non-hydrogen) atoms. The maximum absolute atomic E-state index is 11.8. The number of likely N-dealkylation sites (N-methyl/N-ethyl adjacent to an activating group) is 1. The average molecular weight is 226 g/mol. The highest BCUT2D eigenvalue weighted by Crippen LogP contribution is 2.20. The molecule has 1 aliphatic heterocycles. The molecule has 0 aromatic heterocycles. The third kappa shape index (κ3) is 2.98. The van der Waals surface area contributed by atoms with E-state index >= 15 is 0 Å². The molecule has 0 aromatic carbocycles. The summed E-state index contributed by atoms with van der Waals surface area (Å²) in [5.41, 5.74) is 0. The van der Waals surface area contributed by atoms with E-state index < -0.39 is 5.97 Å². The second kappa shape index (κ2) is 5.53. The van der Waals surface area contributed by atoms with Gasteiger partial charge >= 0.3 is 12.0 Å². The molecule has 1 N–H and O–H groups in total. The lowest BCUT2D eigenvalue weighted by atomic mass is 9.97. The average Bonchev–Trinajstić information content (AvgIpc) is 2.18. The summed E-state index contributed by atoms with van der Waals surface area (Å²) in [6, 6.07) is -0.0240. The van der Waals surface area contributed by atoms with E-state index in [0.29, 0.717) is 26.2 Å². The van der Waals surface area contributed by atoms with Gasteiger partial charge in [-0.2, -0.15) is 0 Å². The molecule has 0 bridgehead atoms. The number of carbonyl (C=O) groups excluding carboxylic acids is 1. The number of amides is 2. The van der Waals surface area contributed by atoms with Crippen molar-refractivity contribution in [3.8, 4) is 0 Å². The third-order valence-corrected chi connectivity index (χ3v) is 2.69. The van der Waals surface area contributed by atoms with Gasteiger partial charge in [0.15, 0.2) is 0 Å². The largest absolute Gasteiger partial charge is 0.481 e. The number of carbonyl (C=O) groups is 2. The monoisotopic (exact) mass is 226 g/mol. The van der Waals surface area contributed by atoms with Crippen molar-refractivity contribution >= 4 is 12.0 Å². The smallest absolute Gasteiger partial charge is 0.320 e. The zero-order valence-corrected chi connectivity index (χ0v) is 9.56. The van der Waals surface area contributed by atoms with E-state index in [9.17, 15) is 9.59 Å². The molecule has 0 radical (unpaired) electrons.